The number of carbonyl (C=O) groups excluding carboxylic acids is 1. The molecule has 8 nitrogen and oxygen atoms in total. The van der Waals surface area contributed by atoms with Gasteiger partial charge >= 0.3 is 18.0 Å². The second-order valence-electron chi connectivity index (χ2n) is 4.61. The maximum absolute atomic E-state index is 11.5. The molecule has 8 heteroatoms. The Labute approximate surface area is 111 Å². The van der Waals surface area contributed by atoms with Crippen LogP contribution in [0.1, 0.15) is 26.7 Å². The highest BCUT2D eigenvalue weighted by atomic mass is 16.5. The highest BCUT2D eigenvalue weighted by Crippen LogP contribution is 2.04. The van der Waals surface area contributed by atoms with E-state index in [9.17, 15) is 14.4 Å². The molecule has 0 unspecified atom stereocenters. The summed E-state index contributed by atoms with van der Waals surface area (Å²) in [6.45, 7) is 3.71. The van der Waals surface area contributed by atoms with Crippen LogP contribution in [0.2, 0.25) is 0 Å². The van der Waals surface area contributed by atoms with Gasteiger partial charge in [0.05, 0.1) is 5.60 Å². The molecular formula is C11H20N2O6. The monoisotopic (exact) mass is 276 g/mol. The SMILES string of the molecule is COC(C)(C)CNC(=O)N[C@@H](CCC(=O)O)C(=O)O. The topological polar surface area (TPSA) is 125 Å². The average Bonchev–Trinajstić information content (AvgIpc) is 2.31. The lowest BCUT2D eigenvalue weighted by molar-refractivity contribution is -0.140. The molecule has 0 saturated carbocycles. The zero-order valence-corrected chi connectivity index (χ0v) is 11.2. The van der Waals surface area contributed by atoms with Crippen LogP contribution >= 0.6 is 0 Å². The van der Waals surface area contributed by atoms with Gasteiger partial charge in [-0.15, -0.1) is 0 Å². The third-order valence-corrected chi connectivity index (χ3v) is 2.48. The van der Waals surface area contributed by atoms with Gasteiger partial charge in [0.2, 0.25) is 0 Å². The lowest BCUT2D eigenvalue weighted by atomic mass is 10.1. The number of aliphatic carboxylic acids is 2. The molecule has 110 valence electrons. The first-order valence-corrected chi connectivity index (χ1v) is 5.72. The predicted molar refractivity (Wildman–Crippen MR) is 65.9 cm³/mol. The van der Waals surface area contributed by atoms with Gasteiger partial charge in [0.1, 0.15) is 6.04 Å². The number of carbonyl (C=O) groups is 3. The van der Waals surface area contributed by atoms with Crippen molar-refractivity contribution in [1.29, 1.82) is 0 Å². The number of carboxylic acid groups (broad SMARTS) is 2. The Morgan fingerprint density at radius 2 is 1.84 bits per heavy atom. The second kappa shape index (κ2) is 7.57. The summed E-state index contributed by atoms with van der Waals surface area (Å²) in [4.78, 5) is 32.7. The van der Waals surface area contributed by atoms with E-state index in [1.165, 1.54) is 7.11 Å². The maximum Gasteiger partial charge on any atom is 0.326 e. The van der Waals surface area contributed by atoms with E-state index < -0.39 is 29.6 Å². The van der Waals surface area contributed by atoms with Crippen molar-refractivity contribution in [3.8, 4) is 0 Å². The molecule has 0 spiro atoms. The summed E-state index contributed by atoms with van der Waals surface area (Å²) in [6, 6.07) is -1.91. The summed E-state index contributed by atoms with van der Waals surface area (Å²) in [5.74, 6) is -2.39. The van der Waals surface area contributed by atoms with Gasteiger partial charge in [-0.25, -0.2) is 9.59 Å². The van der Waals surface area contributed by atoms with Crippen LogP contribution in [0.5, 0.6) is 0 Å². The standard InChI is InChI=1S/C11H20N2O6/c1-11(2,19-3)6-12-10(18)13-7(9(16)17)4-5-8(14)15/h7H,4-6H2,1-3H3,(H,14,15)(H,16,17)(H2,12,13,18)/t7-/m0/s1. The van der Waals surface area contributed by atoms with Crippen LogP contribution in [0.4, 0.5) is 4.79 Å². The summed E-state index contributed by atoms with van der Waals surface area (Å²) in [5.41, 5.74) is -0.572. The molecule has 2 amide bonds. The average molecular weight is 276 g/mol. The zero-order valence-electron chi connectivity index (χ0n) is 11.2. The van der Waals surface area contributed by atoms with Crippen LogP contribution in [0.25, 0.3) is 0 Å². The fourth-order valence-corrected chi connectivity index (χ4v) is 1.10. The lowest BCUT2D eigenvalue weighted by Gasteiger charge is -2.23. The molecule has 1 atom stereocenters. The van der Waals surface area contributed by atoms with Gasteiger partial charge in [-0.1, -0.05) is 0 Å². The van der Waals surface area contributed by atoms with E-state index in [1.807, 2.05) is 0 Å². The van der Waals surface area contributed by atoms with Crippen LogP contribution < -0.4 is 10.6 Å². The Morgan fingerprint density at radius 1 is 1.26 bits per heavy atom. The number of urea groups is 1. The summed E-state index contributed by atoms with van der Waals surface area (Å²) in [5, 5.41) is 22.0. The molecule has 4 N–H and O–H groups in total. The number of methoxy groups -OCH3 is 1. The molecule has 0 aliphatic heterocycles. The minimum absolute atomic E-state index is 0.175. The number of hydrogen-bond acceptors (Lipinski definition) is 4. The number of rotatable bonds is 8. The molecule has 0 rings (SSSR count). The first-order valence-electron chi connectivity index (χ1n) is 5.72. The molecule has 19 heavy (non-hydrogen) atoms. The third kappa shape index (κ3) is 7.98. The summed E-state index contributed by atoms with van der Waals surface area (Å²) in [7, 11) is 1.49. The van der Waals surface area contributed by atoms with Crippen molar-refractivity contribution in [2.24, 2.45) is 0 Å². The van der Waals surface area contributed by atoms with Crippen molar-refractivity contribution in [2.45, 2.75) is 38.3 Å². The smallest absolute Gasteiger partial charge is 0.326 e. The van der Waals surface area contributed by atoms with Gasteiger partial charge in [0.25, 0.3) is 0 Å². The summed E-state index contributed by atoms with van der Waals surface area (Å²) >= 11 is 0. The van der Waals surface area contributed by atoms with E-state index in [1.54, 1.807) is 13.8 Å². The predicted octanol–water partition coefficient (Wildman–Crippen LogP) is 0.0286. The van der Waals surface area contributed by atoms with Crippen molar-refractivity contribution in [3.63, 3.8) is 0 Å². The second-order valence-corrected chi connectivity index (χ2v) is 4.61. The molecule has 0 saturated heterocycles. The summed E-state index contributed by atoms with van der Waals surface area (Å²) in [6.07, 6.45) is -0.507. The first kappa shape index (κ1) is 17.2. The third-order valence-electron chi connectivity index (χ3n) is 2.48. The van der Waals surface area contributed by atoms with Crippen LogP contribution in [0, 0.1) is 0 Å². The van der Waals surface area contributed by atoms with Gasteiger partial charge in [-0.2, -0.15) is 0 Å². The van der Waals surface area contributed by atoms with Crippen LogP contribution in [0.3, 0.4) is 0 Å². The minimum Gasteiger partial charge on any atom is -0.481 e. The van der Waals surface area contributed by atoms with E-state index >= 15 is 0 Å². The van der Waals surface area contributed by atoms with Gasteiger partial charge in [-0.3, -0.25) is 4.79 Å². The Kier molecular flexibility index (Phi) is 6.84. The molecular weight excluding hydrogens is 256 g/mol. The Balaban J connectivity index is 4.25. The number of ether oxygens (including phenoxy) is 1. The molecule has 0 fully saturated rings. The Morgan fingerprint density at radius 3 is 2.26 bits per heavy atom. The lowest BCUT2D eigenvalue weighted by Crippen LogP contribution is -2.49. The molecule has 0 radical (unpaired) electrons. The molecule has 0 aromatic carbocycles. The number of nitrogens with one attached hydrogen (secondary N) is 2. The zero-order chi connectivity index (χ0) is 15.1. The van der Waals surface area contributed by atoms with Crippen molar-refractivity contribution in [3.05, 3.63) is 0 Å². The number of amides is 2. The number of hydrogen-bond donors (Lipinski definition) is 4. The highest BCUT2D eigenvalue weighted by molar-refractivity contribution is 5.83. The van der Waals surface area contributed by atoms with Crippen molar-refractivity contribution >= 4 is 18.0 Å². The quantitative estimate of drug-likeness (QED) is 0.495. The molecule has 0 aromatic rings. The molecule has 0 aliphatic carbocycles. The minimum atomic E-state index is -1.28. The molecule has 0 bridgehead atoms. The van der Waals surface area contributed by atoms with E-state index in [-0.39, 0.29) is 19.4 Å². The van der Waals surface area contributed by atoms with Crippen molar-refractivity contribution < 1.29 is 29.3 Å². The maximum atomic E-state index is 11.5. The van der Waals surface area contributed by atoms with Gasteiger partial charge in [0, 0.05) is 20.1 Å². The molecule has 0 aliphatic rings. The fraction of sp³-hybridized carbons (Fsp3) is 0.727. The van der Waals surface area contributed by atoms with Crippen LogP contribution in [-0.4, -0.2) is 53.5 Å². The largest absolute Gasteiger partial charge is 0.481 e. The summed E-state index contributed by atoms with van der Waals surface area (Å²) < 4.78 is 5.08. The van der Waals surface area contributed by atoms with E-state index in [2.05, 4.69) is 10.6 Å². The van der Waals surface area contributed by atoms with E-state index in [0.29, 0.717) is 0 Å². The molecule has 0 aromatic heterocycles. The van der Waals surface area contributed by atoms with E-state index in [4.69, 9.17) is 14.9 Å². The first-order chi connectivity index (χ1) is 8.68. The van der Waals surface area contributed by atoms with Crippen LogP contribution in [0.15, 0.2) is 0 Å². The molecule has 0 heterocycles. The fourth-order valence-electron chi connectivity index (χ4n) is 1.10. The highest BCUT2D eigenvalue weighted by Gasteiger charge is 2.22. The van der Waals surface area contributed by atoms with E-state index in [0.717, 1.165) is 0 Å². The number of carboxylic acids is 2. The Hall–Kier alpha value is -1.83. The van der Waals surface area contributed by atoms with Crippen LogP contribution in [-0.2, 0) is 14.3 Å². The van der Waals surface area contributed by atoms with Crippen molar-refractivity contribution in [2.75, 3.05) is 13.7 Å². The van der Waals surface area contributed by atoms with Gasteiger partial charge < -0.3 is 25.6 Å². The van der Waals surface area contributed by atoms with Crippen molar-refractivity contribution in [1.82, 2.24) is 10.6 Å². The van der Waals surface area contributed by atoms with Gasteiger partial charge in [-0.05, 0) is 20.3 Å². The Bertz CT molecular complexity index is 342. The normalized spacial score (nSPS) is 12.6. The van der Waals surface area contributed by atoms with Gasteiger partial charge in [0.15, 0.2) is 0 Å².